The molecule has 3 atom stereocenters. The molecule has 116 valence electrons. The molecule has 0 fully saturated rings. The number of amides is 1. The minimum atomic E-state index is -0.657. The van der Waals surface area contributed by atoms with Crippen molar-refractivity contribution in [1.29, 1.82) is 0 Å². The van der Waals surface area contributed by atoms with Crippen molar-refractivity contribution in [3.05, 3.63) is 42.7 Å². The summed E-state index contributed by atoms with van der Waals surface area (Å²) in [5, 5.41) is 7.07. The van der Waals surface area contributed by atoms with Gasteiger partial charge in [0.1, 0.15) is 6.10 Å². The van der Waals surface area contributed by atoms with Gasteiger partial charge in [-0.15, -0.1) is 0 Å². The first-order valence-electron chi connectivity index (χ1n) is 7.33. The SMILES string of the molecule is CC(Cn1cccn1)NC(=O)C1Oc2ccccc2OC1C. The minimum Gasteiger partial charge on any atom is -0.482 e. The van der Waals surface area contributed by atoms with Crippen LogP contribution in [0.3, 0.4) is 0 Å². The average Bonchev–Trinajstić information content (AvgIpc) is 2.99. The molecular weight excluding hydrogens is 282 g/mol. The number of carbonyl (C=O) groups is 1. The average molecular weight is 301 g/mol. The Bertz CT molecular complexity index is 642. The molecule has 0 spiro atoms. The molecule has 0 radical (unpaired) electrons. The standard InChI is InChI=1S/C16H19N3O3/c1-11(10-19-9-5-8-17-19)18-16(20)15-12(2)21-13-6-3-4-7-14(13)22-15/h3-9,11-12,15H,10H2,1-2H3,(H,18,20). The van der Waals surface area contributed by atoms with Crippen LogP contribution in [0.25, 0.3) is 0 Å². The van der Waals surface area contributed by atoms with Crippen LogP contribution in [-0.4, -0.2) is 33.9 Å². The Balaban J connectivity index is 1.62. The van der Waals surface area contributed by atoms with E-state index in [4.69, 9.17) is 9.47 Å². The van der Waals surface area contributed by atoms with Crippen molar-refractivity contribution in [3.63, 3.8) is 0 Å². The molecule has 2 heterocycles. The van der Waals surface area contributed by atoms with Crippen LogP contribution in [0.5, 0.6) is 11.5 Å². The van der Waals surface area contributed by atoms with Crippen molar-refractivity contribution in [2.24, 2.45) is 0 Å². The lowest BCUT2D eigenvalue weighted by molar-refractivity contribution is -0.134. The number of benzene rings is 1. The monoisotopic (exact) mass is 301 g/mol. The second kappa shape index (κ2) is 6.09. The van der Waals surface area contributed by atoms with Gasteiger partial charge in [-0.05, 0) is 32.0 Å². The third-order valence-electron chi connectivity index (χ3n) is 3.51. The molecule has 1 aromatic heterocycles. The van der Waals surface area contributed by atoms with Crippen molar-refractivity contribution in [3.8, 4) is 11.5 Å². The molecule has 0 saturated heterocycles. The topological polar surface area (TPSA) is 65.4 Å². The van der Waals surface area contributed by atoms with Gasteiger partial charge in [-0.25, -0.2) is 0 Å². The molecule has 0 saturated carbocycles. The maximum Gasteiger partial charge on any atom is 0.265 e. The summed E-state index contributed by atoms with van der Waals surface area (Å²) in [6, 6.07) is 9.16. The molecule has 1 N–H and O–H groups in total. The smallest absolute Gasteiger partial charge is 0.265 e. The first-order valence-corrected chi connectivity index (χ1v) is 7.33. The zero-order valence-electron chi connectivity index (χ0n) is 12.6. The summed E-state index contributed by atoms with van der Waals surface area (Å²) in [6.07, 6.45) is 2.58. The molecular formula is C16H19N3O3. The van der Waals surface area contributed by atoms with E-state index in [-0.39, 0.29) is 18.1 Å². The van der Waals surface area contributed by atoms with Crippen LogP contribution in [0.15, 0.2) is 42.7 Å². The molecule has 3 unspecified atom stereocenters. The number of nitrogens with one attached hydrogen (secondary N) is 1. The highest BCUT2D eigenvalue weighted by molar-refractivity contribution is 5.82. The van der Waals surface area contributed by atoms with Gasteiger partial charge in [-0.1, -0.05) is 12.1 Å². The fourth-order valence-electron chi connectivity index (χ4n) is 2.47. The van der Waals surface area contributed by atoms with Gasteiger partial charge in [0.15, 0.2) is 11.5 Å². The zero-order chi connectivity index (χ0) is 15.5. The highest BCUT2D eigenvalue weighted by atomic mass is 16.6. The van der Waals surface area contributed by atoms with E-state index in [9.17, 15) is 4.79 Å². The largest absolute Gasteiger partial charge is 0.482 e. The van der Waals surface area contributed by atoms with Crippen LogP contribution in [0.4, 0.5) is 0 Å². The Labute approximate surface area is 129 Å². The number of hydrogen-bond donors (Lipinski definition) is 1. The summed E-state index contributed by atoms with van der Waals surface area (Å²) in [7, 11) is 0. The highest BCUT2D eigenvalue weighted by Gasteiger charge is 2.34. The number of carbonyl (C=O) groups excluding carboxylic acids is 1. The number of hydrogen-bond acceptors (Lipinski definition) is 4. The van der Waals surface area contributed by atoms with E-state index in [1.54, 1.807) is 16.9 Å². The van der Waals surface area contributed by atoms with Crippen molar-refractivity contribution in [1.82, 2.24) is 15.1 Å². The molecule has 1 amide bonds. The van der Waals surface area contributed by atoms with E-state index < -0.39 is 6.10 Å². The second-order valence-corrected chi connectivity index (χ2v) is 5.45. The molecule has 6 nitrogen and oxygen atoms in total. The number of ether oxygens (including phenoxy) is 2. The summed E-state index contributed by atoms with van der Waals surface area (Å²) in [4.78, 5) is 12.4. The normalized spacial score (nSPS) is 21.2. The van der Waals surface area contributed by atoms with Crippen LogP contribution in [-0.2, 0) is 11.3 Å². The van der Waals surface area contributed by atoms with Gasteiger partial charge in [-0.3, -0.25) is 9.48 Å². The van der Waals surface area contributed by atoms with Crippen LogP contribution < -0.4 is 14.8 Å². The van der Waals surface area contributed by atoms with E-state index >= 15 is 0 Å². The van der Waals surface area contributed by atoms with Gasteiger partial charge in [0, 0.05) is 18.4 Å². The summed E-state index contributed by atoms with van der Waals surface area (Å²) >= 11 is 0. The van der Waals surface area contributed by atoms with Gasteiger partial charge in [0.05, 0.1) is 6.54 Å². The van der Waals surface area contributed by atoms with Crippen LogP contribution >= 0.6 is 0 Å². The zero-order valence-corrected chi connectivity index (χ0v) is 12.6. The van der Waals surface area contributed by atoms with E-state index in [2.05, 4.69) is 10.4 Å². The summed E-state index contributed by atoms with van der Waals surface area (Å²) < 4.78 is 13.3. The fourth-order valence-corrected chi connectivity index (χ4v) is 2.47. The highest BCUT2D eigenvalue weighted by Crippen LogP contribution is 2.33. The van der Waals surface area contributed by atoms with Crippen LogP contribution in [0, 0.1) is 0 Å². The summed E-state index contributed by atoms with van der Waals surface area (Å²) in [6.45, 7) is 4.37. The first-order chi connectivity index (χ1) is 10.6. The molecule has 1 aliphatic heterocycles. The molecule has 2 aromatic rings. The maximum absolute atomic E-state index is 12.4. The van der Waals surface area contributed by atoms with Crippen molar-refractivity contribution in [2.75, 3.05) is 0 Å². The molecule has 6 heteroatoms. The minimum absolute atomic E-state index is 0.0552. The number of aromatic nitrogens is 2. The number of rotatable bonds is 4. The van der Waals surface area contributed by atoms with Crippen molar-refractivity contribution >= 4 is 5.91 Å². The third kappa shape index (κ3) is 3.05. The number of para-hydroxylation sites is 2. The van der Waals surface area contributed by atoms with Crippen molar-refractivity contribution in [2.45, 2.75) is 38.6 Å². The Morgan fingerprint density at radius 1 is 1.32 bits per heavy atom. The van der Waals surface area contributed by atoms with Crippen LogP contribution in [0.2, 0.25) is 0 Å². The Morgan fingerprint density at radius 3 is 2.73 bits per heavy atom. The van der Waals surface area contributed by atoms with E-state index in [1.807, 2.05) is 44.3 Å². The molecule has 0 bridgehead atoms. The van der Waals surface area contributed by atoms with Gasteiger partial charge in [0.2, 0.25) is 6.10 Å². The molecule has 22 heavy (non-hydrogen) atoms. The second-order valence-electron chi connectivity index (χ2n) is 5.45. The lowest BCUT2D eigenvalue weighted by atomic mass is 10.1. The van der Waals surface area contributed by atoms with E-state index in [0.717, 1.165) is 0 Å². The summed E-state index contributed by atoms with van der Waals surface area (Å²) in [5.74, 6) is 1.09. The first kappa shape index (κ1) is 14.4. The lowest BCUT2D eigenvalue weighted by Gasteiger charge is -2.31. The predicted molar refractivity (Wildman–Crippen MR) is 80.8 cm³/mol. The van der Waals surface area contributed by atoms with Gasteiger partial charge >= 0.3 is 0 Å². The van der Waals surface area contributed by atoms with E-state index in [0.29, 0.717) is 18.0 Å². The molecule has 3 rings (SSSR count). The Morgan fingerprint density at radius 2 is 2.05 bits per heavy atom. The lowest BCUT2D eigenvalue weighted by Crippen LogP contribution is -2.51. The van der Waals surface area contributed by atoms with Gasteiger partial charge in [-0.2, -0.15) is 5.10 Å². The van der Waals surface area contributed by atoms with Crippen LogP contribution in [0.1, 0.15) is 13.8 Å². The quantitative estimate of drug-likeness (QED) is 0.932. The van der Waals surface area contributed by atoms with Gasteiger partial charge < -0.3 is 14.8 Å². The Hall–Kier alpha value is -2.50. The molecule has 1 aromatic carbocycles. The Kier molecular flexibility index (Phi) is 4.00. The maximum atomic E-state index is 12.4. The predicted octanol–water partition coefficient (Wildman–Crippen LogP) is 1.62. The number of nitrogens with zero attached hydrogens (tertiary/aromatic N) is 2. The summed E-state index contributed by atoms with van der Waals surface area (Å²) in [5.41, 5.74) is 0. The van der Waals surface area contributed by atoms with Crippen molar-refractivity contribution < 1.29 is 14.3 Å². The van der Waals surface area contributed by atoms with Gasteiger partial charge in [0.25, 0.3) is 5.91 Å². The number of fused-ring (bicyclic) bond motifs is 1. The molecule has 1 aliphatic rings. The fraction of sp³-hybridized carbons (Fsp3) is 0.375. The van der Waals surface area contributed by atoms with E-state index in [1.165, 1.54) is 0 Å². The molecule has 0 aliphatic carbocycles. The third-order valence-corrected chi connectivity index (χ3v) is 3.51.